The van der Waals surface area contributed by atoms with Crippen molar-refractivity contribution < 1.29 is 4.39 Å². The lowest BCUT2D eigenvalue weighted by atomic mass is 9.92. The molecule has 0 aliphatic carbocycles. The first kappa shape index (κ1) is 32.6. The maximum atomic E-state index is 14.6. The van der Waals surface area contributed by atoms with E-state index in [9.17, 15) is 4.39 Å². The molecule has 12 rings (SSSR count). The van der Waals surface area contributed by atoms with Crippen LogP contribution in [0.5, 0.6) is 0 Å². The normalized spacial score (nSPS) is 11.9. The highest BCUT2D eigenvalue weighted by atomic mass is 19.1. The van der Waals surface area contributed by atoms with Gasteiger partial charge in [0.25, 0.3) is 0 Å². The van der Waals surface area contributed by atoms with E-state index in [4.69, 9.17) is 4.98 Å². The average molecular weight is 741 g/mol. The summed E-state index contributed by atoms with van der Waals surface area (Å²) < 4.78 is 16.7. The van der Waals surface area contributed by atoms with E-state index in [1.54, 1.807) is 0 Å². The fourth-order valence-corrected chi connectivity index (χ4v) is 9.30. The van der Waals surface area contributed by atoms with Crippen LogP contribution in [-0.2, 0) is 0 Å². The van der Waals surface area contributed by atoms with Crippen molar-refractivity contribution in [3.05, 3.63) is 206 Å². The van der Waals surface area contributed by atoms with Crippen LogP contribution in [0.3, 0.4) is 0 Å². The van der Waals surface area contributed by atoms with Crippen LogP contribution >= 0.6 is 0 Å². The average Bonchev–Trinajstić information content (AvgIpc) is 3.67. The number of imidazole rings is 1. The minimum Gasteiger partial charge on any atom is -0.292 e. The van der Waals surface area contributed by atoms with Crippen LogP contribution < -0.4 is 0 Å². The highest BCUT2D eigenvalue weighted by Crippen LogP contribution is 2.40. The van der Waals surface area contributed by atoms with E-state index in [0.717, 1.165) is 44.8 Å². The minimum atomic E-state index is -0.303. The summed E-state index contributed by atoms with van der Waals surface area (Å²) in [6.07, 6.45) is 0. The molecule has 0 bridgehead atoms. The Morgan fingerprint density at radius 1 is 0.310 bits per heavy atom. The molecule has 0 saturated heterocycles. The largest absolute Gasteiger partial charge is 0.292 e. The van der Waals surface area contributed by atoms with Crippen molar-refractivity contribution in [1.29, 1.82) is 0 Å². The fourth-order valence-electron chi connectivity index (χ4n) is 9.30. The molecule has 0 atom stereocenters. The van der Waals surface area contributed by atoms with Crippen LogP contribution in [0.4, 0.5) is 4.39 Å². The van der Waals surface area contributed by atoms with Crippen LogP contribution in [0.1, 0.15) is 0 Å². The molecule has 0 spiro atoms. The third-order valence-electron chi connectivity index (χ3n) is 12.0. The summed E-state index contributed by atoms with van der Waals surface area (Å²) in [4.78, 5) is 5.02. The maximum absolute atomic E-state index is 14.6. The number of benzene rings is 11. The van der Waals surface area contributed by atoms with Crippen LogP contribution in [-0.4, -0.2) is 9.55 Å². The van der Waals surface area contributed by atoms with Gasteiger partial charge in [0.1, 0.15) is 11.6 Å². The summed E-state index contributed by atoms with van der Waals surface area (Å²) in [6, 6.07) is 70.4. The third-order valence-corrected chi connectivity index (χ3v) is 12.0. The Labute approximate surface area is 333 Å². The standard InChI is InChI=1S/C55H33FN2/c56-39-25-30-54-53(33-39)57-55(36-19-17-34(18-20-36)37-23-28-49-45-13-3-1-9-41(45)43-11-5-7-15-47(43)51(49)31-37)58(54)40-26-21-35(22-27-40)38-24-29-50-46-14-4-2-10-42(46)44-12-6-8-16-48(44)52(50)32-38/h1-33H. The summed E-state index contributed by atoms with van der Waals surface area (Å²) in [6.45, 7) is 0. The Morgan fingerprint density at radius 2 is 0.672 bits per heavy atom. The molecular formula is C55H33FN2. The molecule has 1 heterocycles. The Kier molecular flexibility index (Phi) is 7.14. The SMILES string of the molecule is Fc1ccc2c(c1)nc(-c1ccc(-c3ccc4c5ccccc5c5ccccc5c4c3)cc1)n2-c1ccc(-c2ccc3c4ccccc4c4ccccc4c3c2)cc1. The van der Waals surface area contributed by atoms with Gasteiger partial charge in [-0.2, -0.15) is 0 Å². The molecular weight excluding hydrogens is 708 g/mol. The quantitative estimate of drug-likeness (QED) is 0.164. The van der Waals surface area contributed by atoms with Gasteiger partial charge in [-0.1, -0.05) is 158 Å². The van der Waals surface area contributed by atoms with Crippen molar-refractivity contribution in [2.75, 3.05) is 0 Å². The summed E-state index contributed by atoms with van der Waals surface area (Å²) in [5.74, 6) is 0.461. The smallest absolute Gasteiger partial charge is 0.145 e. The fraction of sp³-hybridized carbons (Fsp3) is 0. The second-order valence-electron chi connectivity index (χ2n) is 15.2. The number of nitrogens with zero attached hydrogens (tertiary/aromatic N) is 2. The lowest BCUT2D eigenvalue weighted by Crippen LogP contribution is -1.98. The van der Waals surface area contributed by atoms with Gasteiger partial charge in [-0.25, -0.2) is 9.37 Å². The highest BCUT2D eigenvalue weighted by Gasteiger charge is 2.17. The van der Waals surface area contributed by atoms with Crippen molar-refractivity contribution in [3.8, 4) is 39.3 Å². The van der Waals surface area contributed by atoms with Crippen LogP contribution in [0, 0.1) is 5.82 Å². The molecule has 58 heavy (non-hydrogen) atoms. The van der Waals surface area contributed by atoms with Gasteiger partial charge in [0.2, 0.25) is 0 Å². The molecule has 0 unspecified atom stereocenters. The number of halogens is 1. The number of hydrogen-bond donors (Lipinski definition) is 0. The molecule has 1 aromatic heterocycles. The lowest BCUT2D eigenvalue weighted by molar-refractivity contribution is 0.629. The molecule has 12 aromatic rings. The summed E-state index contributed by atoms with van der Waals surface area (Å²) in [7, 11) is 0. The van der Waals surface area contributed by atoms with Gasteiger partial charge in [-0.3, -0.25) is 4.57 Å². The molecule has 2 nitrogen and oxygen atoms in total. The van der Waals surface area contributed by atoms with E-state index in [0.29, 0.717) is 5.52 Å². The van der Waals surface area contributed by atoms with E-state index >= 15 is 0 Å². The van der Waals surface area contributed by atoms with Crippen LogP contribution in [0.15, 0.2) is 200 Å². The molecule has 270 valence electrons. The van der Waals surface area contributed by atoms with Crippen LogP contribution in [0.2, 0.25) is 0 Å². The first-order chi connectivity index (χ1) is 28.7. The van der Waals surface area contributed by atoms with Crippen molar-refractivity contribution in [1.82, 2.24) is 9.55 Å². The molecule has 3 heteroatoms. The molecule has 0 aliphatic heterocycles. The maximum Gasteiger partial charge on any atom is 0.145 e. The van der Waals surface area contributed by atoms with E-state index in [1.807, 2.05) is 6.07 Å². The van der Waals surface area contributed by atoms with Gasteiger partial charge in [0.05, 0.1) is 11.0 Å². The lowest BCUT2D eigenvalue weighted by Gasteiger charge is -2.14. The van der Waals surface area contributed by atoms with E-state index < -0.39 is 0 Å². The number of hydrogen-bond acceptors (Lipinski definition) is 1. The number of fused-ring (bicyclic) bond motifs is 13. The molecule has 0 saturated carbocycles. The van der Waals surface area contributed by atoms with Gasteiger partial charge in [0.15, 0.2) is 0 Å². The molecule has 0 radical (unpaired) electrons. The zero-order valence-corrected chi connectivity index (χ0v) is 31.3. The third kappa shape index (κ3) is 5.00. The van der Waals surface area contributed by atoms with Crippen molar-refractivity contribution in [3.63, 3.8) is 0 Å². The topological polar surface area (TPSA) is 17.8 Å². The van der Waals surface area contributed by atoms with E-state index in [1.165, 1.54) is 76.8 Å². The molecule has 0 fully saturated rings. The predicted molar refractivity (Wildman–Crippen MR) is 242 cm³/mol. The summed E-state index contributed by atoms with van der Waals surface area (Å²) in [5, 5.41) is 15.1. The Balaban J connectivity index is 0.940. The first-order valence-electron chi connectivity index (χ1n) is 19.7. The zero-order valence-electron chi connectivity index (χ0n) is 31.3. The van der Waals surface area contributed by atoms with Crippen LogP contribution in [0.25, 0.3) is 115 Å². The monoisotopic (exact) mass is 740 g/mol. The highest BCUT2D eigenvalue weighted by molar-refractivity contribution is 6.27. The number of rotatable bonds is 4. The van der Waals surface area contributed by atoms with Gasteiger partial charge in [-0.05, 0) is 123 Å². The Hall–Kier alpha value is -7.62. The molecule has 0 amide bonds. The number of aromatic nitrogens is 2. The van der Waals surface area contributed by atoms with Gasteiger partial charge in [0, 0.05) is 17.3 Å². The second kappa shape index (κ2) is 12.7. The first-order valence-corrected chi connectivity index (χ1v) is 19.7. The molecule has 0 aliphatic rings. The van der Waals surface area contributed by atoms with Gasteiger partial charge in [-0.15, -0.1) is 0 Å². The second-order valence-corrected chi connectivity index (χ2v) is 15.2. The predicted octanol–water partition coefficient (Wildman–Crippen LogP) is 15.1. The van der Waals surface area contributed by atoms with Crippen molar-refractivity contribution >= 4 is 75.7 Å². The summed E-state index contributed by atoms with van der Waals surface area (Å²) in [5.41, 5.74) is 7.94. The van der Waals surface area contributed by atoms with Crippen molar-refractivity contribution in [2.24, 2.45) is 0 Å². The molecule has 0 N–H and O–H groups in total. The minimum absolute atomic E-state index is 0.303. The Bertz CT molecular complexity index is 3550. The summed E-state index contributed by atoms with van der Waals surface area (Å²) >= 11 is 0. The van der Waals surface area contributed by atoms with E-state index in [-0.39, 0.29) is 5.82 Å². The van der Waals surface area contributed by atoms with Gasteiger partial charge >= 0.3 is 0 Å². The van der Waals surface area contributed by atoms with Crippen molar-refractivity contribution in [2.45, 2.75) is 0 Å². The zero-order chi connectivity index (χ0) is 38.3. The van der Waals surface area contributed by atoms with E-state index in [2.05, 4.69) is 187 Å². The Morgan fingerprint density at radius 3 is 1.12 bits per heavy atom. The molecule has 11 aromatic carbocycles. The van der Waals surface area contributed by atoms with Gasteiger partial charge < -0.3 is 0 Å².